The molecule has 0 saturated carbocycles. The summed E-state index contributed by atoms with van der Waals surface area (Å²) in [6.07, 6.45) is 49.6. The Morgan fingerprint density at radius 1 is 0.314 bits per heavy atom. The quantitative estimate of drug-likeness (QED) is 0.0203. The Morgan fingerprint density at radius 2 is 0.523 bits per heavy atom. The molecule has 6 aromatic rings. The molecule has 0 aliphatic carbocycles. The summed E-state index contributed by atoms with van der Waals surface area (Å²) in [6, 6.07) is 3.80. The molecule has 480 valence electrons. The summed E-state index contributed by atoms with van der Waals surface area (Å²) in [5.74, 6) is -1.51. The van der Waals surface area contributed by atoms with Crippen LogP contribution in [0.5, 0.6) is 0 Å². The van der Waals surface area contributed by atoms with Gasteiger partial charge in [-0.05, 0) is 69.7 Å². The van der Waals surface area contributed by atoms with Gasteiger partial charge in [-0.2, -0.15) is 0 Å². The highest BCUT2D eigenvalue weighted by molar-refractivity contribution is 9.11. The fraction of sp³-hybridized carbons (Fsp3) is 0.706. The lowest BCUT2D eigenvalue weighted by molar-refractivity contribution is 0.0488. The molecule has 0 aliphatic rings. The van der Waals surface area contributed by atoms with Gasteiger partial charge in [0.05, 0.1) is 76.2 Å². The number of nitrogens with zero attached hydrogens (tertiary/aromatic N) is 4. The van der Waals surface area contributed by atoms with Gasteiger partial charge in [-0.25, -0.2) is 39.1 Å². The van der Waals surface area contributed by atoms with Crippen LogP contribution < -0.4 is 0 Å². The molecule has 0 bridgehead atoms. The number of rotatable bonds is 48. The molecule has 0 fully saturated rings. The van der Waals surface area contributed by atoms with Gasteiger partial charge in [-0.1, -0.05) is 259 Å². The number of thiazole rings is 4. The first kappa shape index (κ1) is 73.6. The lowest BCUT2D eigenvalue weighted by Crippen LogP contribution is -2.06. The molecule has 0 saturated heterocycles. The largest absolute Gasteiger partial charge is 0.460 e. The summed E-state index contributed by atoms with van der Waals surface area (Å²) in [6.45, 7) is 10.7. The average Bonchev–Trinajstić information content (AvgIpc) is 1.67. The van der Waals surface area contributed by atoms with E-state index in [1.807, 2.05) is 12.1 Å². The Hall–Kier alpha value is -3.16. The van der Waals surface area contributed by atoms with Gasteiger partial charge in [0.2, 0.25) is 20.0 Å². The van der Waals surface area contributed by atoms with Crippen molar-refractivity contribution < 1.29 is 38.1 Å². The van der Waals surface area contributed by atoms with Crippen molar-refractivity contribution in [1.82, 2.24) is 19.9 Å². The van der Waals surface area contributed by atoms with Gasteiger partial charge in [0, 0.05) is 0 Å². The predicted octanol–water partition coefficient (Wildman–Crippen LogP) is 23.6. The Labute approximate surface area is 547 Å². The summed E-state index contributed by atoms with van der Waals surface area (Å²) in [7, 11) is 0. The van der Waals surface area contributed by atoms with Crippen molar-refractivity contribution in [2.75, 3.05) is 26.4 Å². The predicted molar refractivity (Wildman–Crippen MR) is 370 cm³/mol. The van der Waals surface area contributed by atoms with E-state index in [2.05, 4.69) is 79.5 Å². The lowest BCUT2D eigenvalue weighted by Gasteiger charge is -2.03. The molecule has 18 heteroatoms. The first-order valence-corrected chi connectivity index (χ1v) is 38.4. The number of benzene rings is 2. The van der Waals surface area contributed by atoms with E-state index in [-0.39, 0.29) is 11.9 Å². The second-order valence-electron chi connectivity index (χ2n) is 23.1. The molecule has 4 heterocycles. The molecule has 4 aromatic heterocycles. The molecule has 0 spiro atoms. The molecule has 0 radical (unpaired) electrons. The number of carbonyl (C=O) groups is 4. The van der Waals surface area contributed by atoms with E-state index in [1.165, 1.54) is 251 Å². The minimum Gasteiger partial charge on any atom is -0.460 e. The number of aromatic nitrogens is 4. The van der Waals surface area contributed by atoms with Crippen molar-refractivity contribution >= 4 is 142 Å². The van der Waals surface area contributed by atoms with E-state index in [0.717, 1.165) is 90.1 Å². The normalized spacial score (nSPS) is 11.5. The maximum Gasteiger partial charge on any atom is 0.367 e. The first-order valence-electron chi connectivity index (χ1n) is 33.6. The van der Waals surface area contributed by atoms with E-state index >= 15 is 0 Å². The summed E-state index contributed by atoms with van der Waals surface area (Å²) < 4.78 is 26.8. The smallest absolute Gasteiger partial charge is 0.367 e. The van der Waals surface area contributed by atoms with Crippen molar-refractivity contribution in [2.24, 2.45) is 0 Å². The molecule has 12 nitrogen and oxygen atoms in total. The molecule has 86 heavy (non-hydrogen) atoms. The molecule has 2 aromatic carbocycles. The number of carbonyl (C=O) groups excluding carboxylic acids is 4. The van der Waals surface area contributed by atoms with E-state index in [9.17, 15) is 19.2 Å². The van der Waals surface area contributed by atoms with Crippen molar-refractivity contribution in [1.29, 1.82) is 0 Å². The maximum atomic E-state index is 12.7. The number of ether oxygens (including phenoxy) is 4. The topological polar surface area (TPSA) is 157 Å². The summed E-state index contributed by atoms with van der Waals surface area (Å²) in [5, 5.41) is 1.38. The highest BCUT2D eigenvalue weighted by Gasteiger charge is 2.25. The Morgan fingerprint density at radius 3 is 0.756 bits per heavy atom. The number of esters is 4. The molecule has 0 aliphatic heterocycles. The van der Waals surface area contributed by atoms with Gasteiger partial charge < -0.3 is 18.9 Å². The SMILES string of the molecule is CCCCCCCCCCCCOC(=O)c1nc2c(Br)c3sc(C(=O)OCCCCCCCCCCCC)nc3c(Br)c2s1.CCCCCCCCCCCCOC(=O)c1nc2cc3sc(C(=O)OCCCCCCCCCCCC)nc3cc2s1. The lowest BCUT2D eigenvalue weighted by atomic mass is 10.1. The zero-order valence-electron chi connectivity index (χ0n) is 52.7. The fourth-order valence-electron chi connectivity index (χ4n) is 10.4. The molecular formula is C68H102Br2N4O8S4. The fourth-order valence-corrected chi connectivity index (χ4v) is 15.7. The van der Waals surface area contributed by atoms with Gasteiger partial charge >= 0.3 is 23.9 Å². The van der Waals surface area contributed by atoms with Crippen molar-refractivity contribution in [3.8, 4) is 0 Å². The standard InChI is InChI=1S/C34H50Br2N2O4S2.C34H52N2O4S2/c1-3-5-7-9-11-13-15-17-19-21-23-41-33(39)31-37-27-25(35)30-28(26(36)29(27)43-31)38-32(44-30)34(40)42-24-22-20-18-16-14-12-10-8-6-4-2;1-3-5-7-9-11-13-15-17-19-21-23-39-33(37)31-35-27-25-30-28(26-29(27)41-31)36-32(42-30)34(38)40-24-22-20-18-16-14-12-10-8-6-4-2/h3-24H2,1-2H3;25-26H,3-24H2,1-2H3. The van der Waals surface area contributed by atoms with Gasteiger partial charge in [0.1, 0.15) is 0 Å². The highest BCUT2D eigenvalue weighted by Crippen LogP contribution is 2.44. The maximum absolute atomic E-state index is 12.7. The van der Waals surface area contributed by atoms with Gasteiger partial charge in [0.15, 0.2) is 0 Å². The molecule has 6 rings (SSSR count). The van der Waals surface area contributed by atoms with Gasteiger partial charge in [-0.3, -0.25) is 0 Å². The van der Waals surface area contributed by atoms with Crippen molar-refractivity contribution in [3.63, 3.8) is 0 Å². The average molecular weight is 1390 g/mol. The summed E-state index contributed by atoms with van der Waals surface area (Å²) >= 11 is 12.5. The number of hydrogen-bond acceptors (Lipinski definition) is 16. The molecule has 0 unspecified atom stereocenters. The minimum atomic E-state index is -0.395. The third-order valence-electron chi connectivity index (χ3n) is 15.6. The zero-order chi connectivity index (χ0) is 61.4. The van der Waals surface area contributed by atoms with Crippen LogP contribution in [0.1, 0.15) is 324 Å². The Balaban J connectivity index is 0.000000314. The van der Waals surface area contributed by atoms with Gasteiger partial charge in [0.25, 0.3) is 0 Å². The first-order chi connectivity index (χ1) is 42.1. The highest BCUT2D eigenvalue weighted by atomic mass is 79.9. The third-order valence-corrected chi connectivity index (χ3v) is 21.8. The third kappa shape index (κ3) is 27.5. The van der Waals surface area contributed by atoms with E-state index in [0.29, 0.717) is 57.5 Å². The number of hydrogen-bond donors (Lipinski definition) is 0. The summed E-state index contributed by atoms with van der Waals surface area (Å²) in [4.78, 5) is 68.8. The van der Waals surface area contributed by atoms with Crippen LogP contribution in [0.2, 0.25) is 0 Å². The van der Waals surface area contributed by atoms with Crippen LogP contribution in [0.3, 0.4) is 0 Å². The Kier molecular flexibility index (Phi) is 38.6. The van der Waals surface area contributed by atoms with Crippen LogP contribution in [-0.2, 0) is 18.9 Å². The second kappa shape index (κ2) is 45.1. The van der Waals surface area contributed by atoms with Crippen LogP contribution >= 0.6 is 77.2 Å². The van der Waals surface area contributed by atoms with E-state index < -0.39 is 11.9 Å². The number of unbranched alkanes of at least 4 members (excludes halogenated alkanes) is 36. The number of halogens is 2. The summed E-state index contributed by atoms with van der Waals surface area (Å²) in [5.41, 5.74) is 2.78. The molecule has 0 amide bonds. The molecule has 0 atom stereocenters. The van der Waals surface area contributed by atoms with Crippen molar-refractivity contribution in [2.45, 2.75) is 285 Å². The van der Waals surface area contributed by atoms with E-state index in [1.54, 1.807) is 0 Å². The monoisotopic (exact) mass is 1390 g/mol. The van der Waals surface area contributed by atoms with E-state index in [4.69, 9.17) is 18.9 Å². The van der Waals surface area contributed by atoms with Crippen LogP contribution in [0, 0.1) is 0 Å². The molecule has 0 N–H and O–H groups in total. The van der Waals surface area contributed by atoms with Gasteiger partial charge in [-0.15, -0.1) is 45.3 Å². The van der Waals surface area contributed by atoms with Crippen molar-refractivity contribution in [3.05, 3.63) is 41.1 Å². The second-order valence-corrected chi connectivity index (χ2v) is 28.8. The zero-order valence-corrected chi connectivity index (χ0v) is 59.1. The van der Waals surface area contributed by atoms with Crippen LogP contribution in [0.25, 0.3) is 40.9 Å². The minimum absolute atomic E-state index is 0.322. The van der Waals surface area contributed by atoms with Crippen LogP contribution in [-0.4, -0.2) is 70.2 Å². The van der Waals surface area contributed by atoms with Crippen LogP contribution in [0.4, 0.5) is 0 Å². The Bertz CT molecular complexity index is 2580. The number of fused-ring (bicyclic) bond motifs is 4. The molecular weight excluding hydrogens is 1290 g/mol. The van der Waals surface area contributed by atoms with Crippen LogP contribution in [0.15, 0.2) is 21.1 Å².